The standard InChI is InChI=1S/C11H19N3/c1-3-10-8-9(4-6-12-10)11-5-7-14(2)13-11/h5,7,9-10,12H,3-4,6,8H2,1-2H3. The van der Waals surface area contributed by atoms with E-state index in [1.807, 2.05) is 17.9 Å². The largest absolute Gasteiger partial charge is 0.314 e. The van der Waals surface area contributed by atoms with Crippen LogP contribution in [0.25, 0.3) is 0 Å². The SMILES string of the molecule is CCC1CC(c2ccn(C)n2)CCN1. The summed E-state index contributed by atoms with van der Waals surface area (Å²) in [5.74, 6) is 0.669. The fourth-order valence-corrected chi connectivity index (χ4v) is 2.24. The maximum absolute atomic E-state index is 4.49. The monoisotopic (exact) mass is 193 g/mol. The van der Waals surface area contributed by atoms with Gasteiger partial charge in [0, 0.05) is 25.2 Å². The predicted molar refractivity (Wildman–Crippen MR) is 57.3 cm³/mol. The minimum Gasteiger partial charge on any atom is -0.314 e. The molecule has 1 aliphatic rings. The minimum atomic E-state index is 0.669. The predicted octanol–water partition coefficient (Wildman–Crippen LogP) is 1.67. The zero-order valence-corrected chi connectivity index (χ0v) is 9.03. The van der Waals surface area contributed by atoms with Crippen LogP contribution >= 0.6 is 0 Å². The second kappa shape index (κ2) is 4.13. The molecule has 14 heavy (non-hydrogen) atoms. The summed E-state index contributed by atoms with van der Waals surface area (Å²) in [4.78, 5) is 0. The van der Waals surface area contributed by atoms with Crippen LogP contribution in [0.15, 0.2) is 12.3 Å². The highest BCUT2D eigenvalue weighted by Crippen LogP contribution is 2.26. The summed E-state index contributed by atoms with van der Waals surface area (Å²) in [5, 5.41) is 8.03. The average molecular weight is 193 g/mol. The van der Waals surface area contributed by atoms with Gasteiger partial charge in [-0.1, -0.05) is 6.92 Å². The lowest BCUT2D eigenvalue weighted by Crippen LogP contribution is -2.36. The van der Waals surface area contributed by atoms with Gasteiger partial charge in [-0.15, -0.1) is 0 Å². The third kappa shape index (κ3) is 1.98. The van der Waals surface area contributed by atoms with Crippen LogP contribution in [0.1, 0.15) is 37.8 Å². The molecule has 2 heterocycles. The second-order valence-electron chi connectivity index (χ2n) is 4.19. The van der Waals surface area contributed by atoms with Crippen LogP contribution in [0.2, 0.25) is 0 Å². The second-order valence-corrected chi connectivity index (χ2v) is 4.19. The highest BCUT2D eigenvalue weighted by molar-refractivity contribution is 5.08. The number of nitrogens with one attached hydrogen (secondary N) is 1. The van der Waals surface area contributed by atoms with Gasteiger partial charge in [0.05, 0.1) is 5.69 Å². The van der Waals surface area contributed by atoms with E-state index in [4.69, 9.17) is 0 Å². The Balaban J connectivity index is 2.04. The molecule has 0 saturated carbocycles. The van der Waals surface area contributed by atoms with Crippen molar-refractivity contribution in [3.63, 3.8) is 0 Å². The molecule has 0 aliphatic carbocycles. The molecule has 0 amide bonds. The lowest BCUT2D eigenvalue weighted by Gasteiger charge is -2.28. The molecule has 0 spiro atoms. The van der Waals surface area contributed by atoms with E-state index < -0.39 is 0 Å². The van der Waals surface area contributed by atoms with Crippen molar-refractivity contribution in [3.8, 4) is 0 Å². The van der Waals surface area contributed by atoms with Crippen molar-refractivity contribution in [3.05, 3.63) is 18.0 Å². The van der Waals surface area contributed by atoms with Crippen molar-refractivity contribution in [2.75, 3.05) is 6.54 Å². The fraction of sp³-hybridized carbons (Fsp3) is 0.727. The van der Waals surface area contributed by atoms with E-state index in [2.05, 4.69) is 23.4 Å². The van der Waals surface area contributed by atoms with Gasteiger partial charge >= 0.3 is 0 Å². The highest BCUT2D eigenvalue weighted by Gasteiger charge is 2.22. The summed E-state index contributed by atoms with van der Waals surface area (Å²) in [5.41, 5.74) is 1.27. The van der Waals surface area contributed by atoms with Gasteiger partial charge in [0.15, 0.2) is 0 Å². The smallest absolute Gasteiger partial charge is 0.0656 e. The van der Waals surface area contributed by atoms with Gasteiger partial charge < -0.3 is 5.32 Å². The first-order chi connectivity index (χ1) is 6.79. The Morgan fingerprint density at radius 2 is 2.50 bits per heavy atom. The maximum atomic E-state index is 4.49. The summed E-state index contributed by atoms with van der Waals surface area (Å²) in [7, 11) is 1.99. The molecule has 0 aromatic carbocycles. The molecule has 0 radical (unpaired) electrons. The summed E-state index contributed by atoms with van der Waals surface area (Å²) in [6.07, 6.45) is 5.74. The van der Waals surface area contributed by atoms with E-state index in [1.54, 1.807) is 0 Å². The van der Waals surface area contributed by atoms with Gasteiger partial charge in [0.1, 0.15) is 0 Å². The molecule has 1 aromatic rings. The van der Waals surface area contributed by atoms with E-state index in [0.29, 0.717) is 12.0 Å². The van der Waals surface area contributed by atoms with Crippen LogP contribution in [0.4, 0.5) is 0 Å². The molecule has 2 atom stereocenters. The molecule has 0 bridgehead atoms. The van der Waals surface area contributed by atoms with E-state index in [-0.39, 0.29) is 0 Å². The Morgan fingerprint density at radius 3 is 3.14 bits per heavy atom. The van der Waals surface area contributed by atoms with Gasteiger partial charge in [-0.25, -0.2) is 0 Å². The quantitative estimate of drug-likeness (QED) is 0.774. The Hall–Kier alpha value is -0.830. The average Bonchev–Trinajstić information content (AvgIpc) is 2.65. The lowest BCUT2D eigenvalue weighted by atomic mass is 9.89. The van der Waals surface area contributed by atoms with E-state index in [9.17, 15) is 0 Å². The van der Waals surface area contributed by atoms with Crippen LogP contribution in [0.3, 0.4) is 0 Å². The number of hydrogen-bond acceptors (Lipinski definition) is 2. The van der Waals surface area contributed by atoms with Crippen LogP contribution in [-0.4, -0.2) is 22.4 Å². The van der Waals surface area contributed by atoms with Crippen LogP contribution in [0, 0.1) is 0 Å². The van der Waals surface area contributed by atoms with Crippen molar-refractivity contribution >= 4 is 0 Å². The van der Waals surface area contributed by atoms with Gasteiger partial charge in [0.25, 0.3) is 0 Å². The molecular formula is C11H19N3. The molecule has 1 saturated heterocycles. The number of rotatable bonds is 2. The third-order valence-electron chi connectivity index (χ3n) is 3.14. The number of nitrogens with zero attached hydrogens (tertiary/aromatic N) is 2. The van der Waals surface area contributed by atoms with E-state index in [1.165, 1.54) is 25.0 Å². The van der Waals surface area contributed by atoms with Gasteiger partial charge in [0.2, 0.25) is 0 Å². The summed E-state index contributed by atoms with van der Waals surface area (Å²) < 4.78 is 1.90. The van der Waals surface area contributed by atoms with Gasteiger partial charge in [-0.3, -0.25) is 4.68 Å². The Bertz CT molecular complexity index is 292. The van der Waals surface area contributed by atoms with Crippen molar-refractivity contribution < 1.29 is 0 Å². The van der Waals surface area contributed by atoms with Gasteiger partial charge in [-0.2, -0.15) is 5.10 Å². The molecule has 3 nitrogen and oxygen atoms in total. The third-order valence-corrected chi connectivity index (χ3v) is 3.14. The van der Waals surface area contributed by atoms with Gasteiger partial charge in [-0.05, 0) is 31.9 Å². The van der Waals surface area contributed by atoms with Crippen LogP contribution in [0.5, 0.6) is 0 Å². The van der Waals surface area contributed by atoms with E-state index >= 15 is 0 Å². The van der Waals surface area contributed by atoms with Crippen molar-refractivity contribution in [2.45, 2.75) is 38.1 Å². The zero-order valence-electron chi connectivity index (χ0n) is 9.03. The topological polar surface area (TPSA) is 29.9 Å². The molecule has 1 aliphatic heterocycles. The highest BCUT2D eigenvalue weighted by atomic mass is 15.2. The Morgan fingerprint density at radius 1 is 1.64 bits per heavy atom. The zero-order chi connectivity index (χ0) is 9.97. The molecule has 2 rings (SSSR count). The number of aromatic nitrogens is 2. The number of aryl methyl sites for hydroxylation is 1. The Labute approximate surface area is 85.5 Å². The molecule has 1 aromatic heterocycles. The van der Waals surface area contributed by atoms with E-state index in [0.717, 1.165) is 6.54 Å². The van der Waals surface area contributed by atoms with Crippen molar-refractivity contribution in [1.29, 1.82) is 0 Å². The van der Waals surface area contributed by atoms with Crippen molar-refractivity contribution in [2.24, 2.45) is 7.05 Å². The molecule has 78 valence electrons. The lowest BCUT2D eigenvalue weighted by molar-refractivity contribution is 0.350. The normalized spacial score (nSPS) is 27.9. The first-order valence-electron chi connectivity index (χ1n) is 5.52. The first kappa shape index (κ1) is 9.71. The molecular weight excluding hydrogens is 174 g/mol. The molecule has 1 N–H and O–H groups in total. The Kier molecular flexibility index (Phi) is 2.87. The number of hydrogen-bond donors (Lipinski definition) is 1. The molecule has 3 heteroatoms. The first-order valence-corrected chi connectivity index (χ1v) is 5.52. The van der Waals surface area contributed by atoms with Crippen LogP contribution in [-0.2, 0) is 7.05 Å². The minimum absolute atomic E-state index is 0.669. The van der Waals surface area contributed by atoms with Crippen molar-refractivity contribution in [1.82, 2.24) is 15.1 Å². The fourth-order valence-electron chi connectivity index (χ4n) is 2.24. The van der Waals surface area contributed by atoms with Crippen LogP contribution < -0.4 is 5.32 Å². The summed E-state index contributed by atoms with van der Waals surface area (Å²) >= 11 is 0. The molecule has 1 fully saturated rings. The summed E-state index contributed by atoms with van der Waals surface area (Å²) in [6.45, 7) is 3.39. The maximum Gasteiger partial charge on any atom is 0.0656 e. The molecule has 2 unspecified atom stereocenters. The summed E-state index contributed by atoms with van der Waals surface area (Å²) in [6, 6.07) is 2.85. The number of piperidine rings is 1.